The highest BCUT2D eigenvalue weighted by Gasteiger charge is 2.42. The van der Waals surface area contributed by atoms with Gasteiger partial charge in [-0.05, 0) is 19.1 Å². The lowest BCUT2D eigenvalue weighted by Crippen LogP contribution is -2.41. The van der Waals surface area contributed by atoms with E-state index in [0.717, 1.165) is 6.92 Å². The Hall–Kier alpha value is -2.04. The van der Waals surface area contributed by atoms with Crippen LogP contribution < -0.4 is 4.74 Å². The average Bonchev–Trinajstić information content (AvgIpc) is 2.26. The van der Waals surface area contributed by atoms with Crippen LogP contribution in [-0.4, -0.2) is 28.8 Å². The van der Waals surface area contributed by atoms with Crippen LogP contribution in [0, 0.1) is 5.41 Å². The van der Waals surface area contributed by atoms with Crippen LogP contribution in [0.5, 0.6) is 5.75 Å². The molecule has 2 N–H and O–H groups in total. The van der Waals surface area contributed by atoms with E-state index >= 15 is 0 Å². The van der Waals surface area contributed by atoms with E-state index < -0.39 is 24.0 Å². The summed E-state index contributed by atoms with van der Waals surface area (Å²) < 4.78 is 5.13. The van der Waals surface area contributed by atoms with E-state index in [2.05, 4.69) is 0 Å². The van der Waals surface area contributed by atoms with Gasteiger partial charge in [0.05, 0.1) is 0 Å². The molecule has 5 heteroatoms. The fraction of sp³-hybridized carbons (Fsp3) is 0.273. The third kappa shape index (κ3) is 2.50. The molecule has 16 heavy (non-hydrogen) atoms. The molecule has 0 saturated heterocycles. The summed E-state index contributed by atoms with van der Waals surface area (Å²) in [5.74, 6) is -2.40. The molecular weight excluding hydrogens is 212 g/mol. The van der Waals surface area contributed by atoms with Gasteiger partial charge in [-0.2, -0.15) is 0 Å². The number of hydrogen-bond acceptors (Lipinski definition) is 3. The van der Waals surface area contributed by atoms with Crippen molar-refractivity contribution in [3.63, 3.8) is 0 Å². The minimum Gasteiger partial charge on any atom is -0.492 e. The van der Waals surface area contributed by atoms with E-state index in [4.69, 9.17) is 14.9 Å². The molecule has 0 aliphatic heterocycles. The summed E-state index contributed by atoms with van der Waals surface area (Å²) >= 11 is 0. The average molecular weight is 224 g/mol. The number of ether oxygens (including phenoxy) is 1. The molecule has 0 aliphatic rings. The first-order valence-corrected chi connectivity index (χ1v) is 4.61. The molecule has 0 aliphatic carbocycles. The zero-order chi connectivity index (χ0) is 12.2. The molecule has 1 aromatic carbocycles. The van der Waals surface area contributed by atoms with Crippen LogP contribution in [0.3, 0.4) is 0 Å². The van der Waals surface area contributed by atoms with E-state index in [9.17, 15) is 9.59 Å². The Morgan fingerprint density at radius 1 is 1.19 bits per heavy atom. The number of para-hydroxylation sites is 1. The van der Waals surface area contributed by atoms with Crippen LogP contribution in [-0.2, 0) is 9.59 Å². The van der Waals surface area contributed by atoms with Crippen LogP contribution in [0.25, 0.3) is 0 Å². The van der Waals surface area contributed by atoms with E-state index in [0.29, 0.717) is 5.75 Å². The maximum atomic E-state index is 10.8. The van der Waals surface area contributed by atoms with Crippen LogP contribution in [0.4, 0.5) is 0 Å². The molecule has 0 unspecified atom stereocenters. The van der Waals surface area contributed by atoms with Gasteiger partial charge in [-0.15, -0.1) is 0 Å². The standard InChI is InChI=1S/C11H12O5/c1-11(9(12)13,10(14)15)7-16-8-5-3-2-4-6-8/h2-6H,7H2,1H3,(H,12,13)(H,14,15). The van der Waals surface area contributed by atoms with Crippen molar-refractivity contribution in [2.24, 2.45) is 5.41 Å². The number of hydrogen-bond donors (Lipinski definition) is 2. The van der Waals surface area contributed by atoms with Gasteiger partial charge in [-0.25, -0.2) is 0 Å². The SMILES string of the molecule is CC(COc1ccccc1)(C(=O)O)C(=O)O. The molecule has 0 atom stereocenters. The number of aliphatic carboxylic acids is 2. The van der Waals surface area contributed by atoms with Gasteiger partial charge in [-0.1, -0.05) is 18.2 Å². The molecule has 0 fully saturated rings. The van der Waals surface area contributed by atoms with Gasteiger partial charge in [0.15, 0.2) is 5.41 Å². The molecule has 86 valence electrons. The van der Waals surface area contributed by atoms with Crippen molar-refractivity contribution in [2.45, 2.75) is 6.92 Å². The van der Waals surface area contributed by atoms with E-state index in [1.54, 1.807) is 30.3 Å². The largest absolute Gasteiger partial charge is 0.492 e. The van der Waals surface area contributed by atoms with Gasteiger partial charge in [0, 0.05) is 0 Å². The Bertz CT molecular complexity index is 371. The second-order valence-electron chi connectivity index (χ2n) is 3.54. The third-order valence-electron chi connectivity index (χ3n) is 2.21. The Kier molecular flexibility index (Phi) is 3.50. The number of benzene rings is 1. The molecule has 5 nitrogen and oxygen atoms in total. The van der Waals surface area contributed by atoms with E-state index in [1.165, 1.54) is 0 Å². The summed E-state index contributed by atoms with van der Waals surface area (Å²) in [6, 6.07) is 8.47. The van der Waals surface area contributed by atoms with Gasteiger partial charge in [0.1, 0.15) is 12.4 Å². The van der Waals surface area contributed by atoms with Crippen molar-refractivity contribution in [1.29, 1.82) is 0 Å². The van der Waals surface area contributed by atoms with Crippen molar-refractivity contribution in [2.75, 3.05) is 6.61 Å². The van der Waals surface area contributed by atoms with Crippen molar-refractivity contribution in [1.82, 2.24) is 0 Å². The zero-order valence-electron chi connectivity index (χ0n) is 8.71. The van der Waals surface area contributed by atoms with Crippen LogP contribution in [0.1, 0.15) is 6.92 Å². The predicted octanol–water partition coefficient (Wildman–Crippen LogP) is 1.24. The molecule has 1 aromatic rings. The topological polar surface area (TPSA) is 83.8 Å². The van der Waals surface area contributed by atoms with Gasteiger partial charge < -0.3 is 14.9 Å². The molecule has 0 heterocycles. The second-order valence-corrected chi connectivity index (χ2v) is 3.54. The lowest BCUT2D eigenvalue weighted by Gasteiger charge is -2.19. The zero-order valence-corrected chi connectivity index (χ0v) is 8.71. The highest BCUT2D eigenvalue weighted by molar-refractivity contribution is 5.97. The Balaban J connectivity index is 2.72. The maximum Gasteiger partial charge on any atom is 0.324 e. The highest BCUT2D eigenvalue weighted by atomic mass is 16.5. The number of carboxylic acid groups (broad SMARTS) is 2. The minimum atomic E-state index is -1.93. The summed E-state index contributed by atoms with van der Waals surface area (Å²) in [5.41, 5.74) is -1.93. The van der Waals surface area contributed by atoms with Gasteiger partial charge in [0.25, 0.3) is 0 Å². The predicted molar refractivity (Wildman–Crippen MR) is 55.3 cm³/mol. The number of carbonyl (C=O) groups is 2. The first-order chi connectivity index (χ1) is 7.47. The molecule has 0 bridgehead atoms. The van der Waals surface area contributed by atoms with Crippen molar-refractivity contribution in [3.8, 4) is 5.75 Å². The van der Waals surface area contributed by atoms with Crippen molar-refractivity contribution in [3.05, 3.63) is 30.3 Å². The maximum absolute atomic E-state index is 10.8. The molecule has 1 rings (SSSR count). The smallest absolute Gasteiger partial charge is 0.324 e. The van der Waals surface area contributed by atoms with Gasteiger partial charge in [0.2, 0.25) is 0 Å². The molecule has 0 saturated carbocycles. The van der Waals surface area contributed by atoms with Crippen LogP contribution in [0.2, 0.25) is 0 Å². The summed E-state index contributed by atoms with van der Waals surface area (Å²) in [4.78, 5) is 21.6. The fourth-order valence-electron chi connectivity index (χ4n) is 0.959. The van der Waals surface area contributed by atoms with Gasteiger partial charge in [-0.3, -0.25) is 9.59 Å². The van der Waals surface area contributed by atoms with Crippen molar-refractivity contribution >= 4 is 11.9 Å². The monoisotopic (exact) mass is 224 g/mol. The Labute approximate surface area is 92.3 Å². The fourth-order valence-corrected chi connectivity index (χ4v) is 0.959. The van der Waals surface area contributed by atoms with Crippen LogP contribution in [0.15, 0.2) is 30.3 Å². The molecule has 0 aromatic heterocycles. The molecule has 0 radical (unpaired) electrons. The summed E-state index contributed by atoms with van der Waals surface area (Å²) in [5, 5.41) is 17.6. The molecule has 0 amide bonds. The Morgan fingerprint density at radius 3 is 2.12 bits per heavy atom. The third-order valence-corrected chi connectivity index (χ3v) is 2.21. The summed E-state index contributed by atoms with van der Waals surface area (Å²) in [6.07, 6.45) is 0. The summed E-state index contributed by atoms with van der Waals surface area (Å²) in [6.45, 7) is 0.697. The molecule has 0 spiro atoms. The minimum absolute atomic E-state index is 0.415. The second kappa shape index (κ2) is 4.65. The number of carboxylic acids is 2. The quantitative estimate of drug-likeness (QED) is 0.735. The summed E-state index contributed by atoms with van der Waals surface area (Å²) in [7, 11) is 0. The van der Waals surface area contributed by atoms with Crippen molar-refractivity contribution < 1.29 is 24.5 Å². The van der Waals surface area contributed by atoms with E-state index in [1.807, 2.05) is 0 Å². The Morgan fingerprint density at radius 2 is 1.69 bits per heavy atom. The first-order valence-electron chi connectivity index (χ1n) is 4.61. The lowest BCUT2D eigenvalue weighted by molar-refractivity contribution is -0.165. The lowest BCUT2D eigenvalue weighted by atomic mass is 9.92. The normalized spacial score (nSPS) is 10.8. The van der Waals surface area contributed by atoms with Crippen LogP contribution >= 0.6 is 0 Å². The number of rotatable bonds is 5. The van der Waals surface area contributed by atoms with Gasteiger partial charge >= 0.3 is 11.9 Å². The highest BCUT2D eigenvalue weighted by Crippen LogP contribution is 2.19. The first kappa shape index (κ1) is 12.0. The van der Waals surface area contributed by atoms with E-state index in [-0.39, 0.29) is 0 Å². The molecular formula is C11H12O5.